The van der Waals surface area contributed by atoms with Crippen molar-refractivity contribution in [1.29, 1.82) is 0 Å². The summed E-state index contributed by atoms with van der Waals surface area (Å²) in [4.78, 5) is 30.9. The van der Waals surface area contributed by atoms with Gasteiger partial charge < -0.3 is 10.2 Å². The van der Waals surface area contributed by atoms with E-state index >= 15 is 0 Å². The van der Waals surface area contributed by atoms with Gasteiger partial charge in [-0.1, -0.05) is 35.9 Å². The van der Waals surface area contributed by atoms with E-state index in [1.54, 1.807) is 6.21 Å². The van der Waals surface area contributed by atoms with Crippen molar-refractivity contribution in [3.63, 3.8) is 0 Å². The van der Waals surface area contributed by atoms with Crippen LogP contribution in [0.15, 0.2) is 52.9 Å². The van der Waals surface area contributed by atoms with Crippen molar-refractivity contribution in [3.8, 4) is 11.3 Å². The molecule has 1 heterocycles. The molecule has 3 rings (SSSR count). The van der Waals surface area contributed by atoms with Crippen molar-refractivity contribution in [2.75, 3.05) is 35.1 Å². The highest BCUT2D eigenvalue weighted by Crippen LogP contribution is 2.25. The SMILES string of the molecule is Cc1ccc(-c2csc(NC(=O)CC(=O)N/N=C\c3ccc(N(CCCl)CCCl)cc3C)n2)cc1. The molecule has 0 radical (unpaired) electrons. The minimum absolute atomic E-state index is 0.361. The summed E-state index contributed by atoms with van der Waals surface area (Å²) < 4.78 is 0. The maximum Gasteiger partial charge on any atom is 0.249 e. The first-order valence-electron chi connectivity index (χ1n) is 11.0. The molecule has 0 fully saturated rings. The van der Waals surface area contributed by atoms with E-state index in [4.69, 9.17) is 23.2 Å². The monoisotopic (exact) mass is 531 g/mol. The number of benzene rings is 2. The highest BCUT2D eigenvalue weighted by molar-refractivity contribution is 7.14. The molecular formula is C25H27Cl2N5O2S. The Morgan fingerprint density at radius 1 is 1.06 bits per heavy atom. The highest BCUT2D eigenvalue weighted by Gasteiger charge is 2.12. The van der Waals surface area contributed by atoms with Crippen molar-refractivity contribution < 1.29 is 9.59 Å². The summed E-state index contributed by atoms with van der Waals surface area (Å²) in [6.45, 7) is 5.38. The molecule has 7 nitrogen and oxygen atoms in total. The van der Waals surface area contributed by atoms with Crippen molar-refractivity contribution in [2.45, 2.75) is 20.3 Å². The van der Waals surface area contributed by atoms with Gasteiger partial charge >= 0.3 is 0 Å². The second-order valence-corrected chi connectivity index (χ2v) is 9.44. The van der Waals surface area contributed by atoms with Crippen LogP contribution in [-0.4, -0.2) is 47.9 Å². The molecule has 0 aliphatic heterocycles. The number of halogens is 2. The minimum Gasteiger partial charge on any atom is -0.369 e. The zero-order valence-corrected chi connectivity index (χ0v) is 21.9. The van der Waals surface area contributed by atoms with Crippen molar-refractivity contribution in [1.82, 2.24) is 10.4 Å². The number of amides is 2. The molecule has 0 spiro atoms. The van der Waals surface area contributed by atoms with E-state index in [0.717, 1.165) is 33.6 Å². The van der Waals surface area contributed by atoms with Gasteiger partial charge in [0.1, 0.15) is 6.42 Å². The summed E-state index contributed by atoms with van der Waals surface area (Å²) in [5.74, 6) is 0.0465. The standard InChI is InChI=1S/C25H27Cl2N5O2S/c1-17-3-5-19(6-4-17)22-16-35-25(29-22)30-23(33)14-24(34)31-28-15-20-7-8-21(13-18(20)2)32(11-9-26)12-10-27/h3-8,13,15-16H,9-12,14H2,1-2H3,(H,31,34)(H,29,30,33)/b28-15-. The number of nitrogens with one attached hydrogen (secondary N) is 2. The van der Waals surface area contributed by atoms with Gasteiger partial charge in [-0.15, -0.1) is 34.5 Å². The fourth-order valence-corrected chi connectivity index (χ4v) is 4.43. The Morgan fingerprint density at radius 3 is 2.43 bits per heavy atom. The molecule has 0 bridgehead atoms. The molecule has 0 saturated carbocycles. The Bertz CT molecular complexity index is 1170. The maximum absolute atomic E-state index is 12.2. The van der Waals surface area contributed by atoms with Crippen LogP contribution in [0.1, 0.15) is 23.1 Å². The molecule has 1 aromatic heterocycles. The number of thiazole rings is 1. The van der Waals surface area contributed by atoms with E-state index in [2.05, 4.69) is 25.7 Å². The minimum atomic E-state index is -0.515. The van der Waals surface area contributed by atoms with Crippen LogP contribution < -0.4 is 15.6 Å². The smallest absolute Gasteiger partial charge is 0.249 e. The fraction of sp³-hybridized carbons (Fsp3) is 0.280. The summed E-state index contributed by atoms with van der Waals surface area (Å²) in [5.41, 5.74) is 8.15. The zero-order valence-electron chi connectivity index (χ0n) is 19.6. The molecule has 0 aliphatic carbocycles. The van der Waals surface area contributed by atoms with Crippen LogP contribution in [0, 0.1) is 13.8 Å². The quantitative estimate of drug-likeness (QED) is 0.154. The van der Waals surface area contributed by atoms with Crippen LogP contribution in [0.3, 0.4) is 0 Å². The number of hydrogen-bond donors (Lipinski definition) is 2. The second kappa shape index (κ2) is 13.2. The van der Waals surface area contributed by atoms with E-state index in [9.17, 15) is 9.59 Å². The van der Waals surface area contributed by atoms with Gasteiger partial charge in [0.25, 0.3) is 0 Å². The van der Waals surface area contributed by atoms with Gasteiger partial charge in [-0.3, -0.25) is 9.59 Å². The fourth-order valence-electron chi connectivity index (χ4n) is 3.29. The lowest BCUT2D eigenvalue weighted by atomic mass is 10.1. The largest absolute Gasteiger partial charge is 0.369 e. The van der Waals surface area contributed by atoms with Crippen molar-refractivity contribution in [2.24, 2.45) is 5.10 Å². The van der Waals surface area contributed by atoms with Crippen LogP contribution >= 0.6 is 34.5 Å². The van der Waals surface area contributed by atoms with E-state index in [1.165, 1.54) is 11.3 Å². The van der Waals surface area contributed by atoms with Gasteiger partial charge in [-0.05, 0) is 37.1 Å². The molecule has 2 amide bonds. The van der Waals surface area contributed by atoms with Gasteiger partial charge in [0.2, 0.25) is 11.8 Å². The lowest BCUT2D eigenvalue weighted by molar-refractivity contribution is -0.126. The third kappa shape index (κ3) is 8.06. The van der Waals surface area contributed by atoms with Gasteiger partial charge in [0.15, 0.2) is 5.13 Å². The Kier molecular flexibility index (Phi) is 10.1. The average Bonchev–Trinajstić information content (AvgIpc) is 3.28. The Hall–Kier alpha value is -2.94. The number of nitrogens with zero attached hydrogens (tertiary/aromatic N) is 3. The maximum atomic E-state index is 12.2. The van der Waals surface area contributed by atoms with E-state index in [-0.39, 0.29) is 6.42 Å². The van der Waals surface area contributed by atoms with Crippen LogP contribution in [0.25, 0.3) is 11.3 Å². The summed E-state index contributed by atoms with van der Waals surface area (Å²) in [5, 5.41) is 8.95. The molecule has 0 atom stereocenters. The third-order valence-electron chi connectivity index (χ3n) is 5.14. The van der Waals surface area contributed by atoms with Crippen LogP contribution in [-0.2, 0) is 9.59 Å². The predicted octanol–water partition coefficient (Wildman–Crippen LogP) is 5.19. The Labute approximate surface area is 219 Å². The summed E-state index contributed by atoms with van der Waals surface area (Å²) in [6, 6.07) is 13.9. The molecule has 10 heteroatoms. The number of carbonyl (C=O) groups excluding carboxylic acids is 2. The molecule has 0 saturated heterocycles. The molecule has 35 heavy (non-hydrogen) atoms. The lowest BCUT2D eigenvalue weighted by Gasteiger charge is -2.23. The van der Waals surface area contributed by atoms with E-state index in [0.29, 0.717) is 30.0 Å². The summed E-state index contributed by atoms with van der Waals surface area (Å²) in [7, 11) is 0. The molecule has 184 valence electrons. The first-order chi connectivity index (χ1) is 16.9. The van der Waals surface area contributed by atoms with Crippen LogP contribution in [0.5, 0.6) is 0 Å². The number of carbonyl (C=O) groups is 2. The lowest BCUT2D eigenvalue weighted by Crippen LogP contribution is -2.27. The van der Waals surface area contributed by atoms with Gasteiger partial charge in [-0.2, -0.15) is 5.10 Å². The molecule has 2 aromatic carbocycles. The van der Waals surface area contributed by atoms with Gasteiger partial charge in [0, 0.05) is 41.5 Å². The highest BCUT2D eigenvalue weighted by atomic mass is 35.5. The van der Waals surface area contributed by atoms with Gasteiger partial charge in [0.05, 0.1) is 11.9 Å². The number of hydrogen-bond acceptors (Lipinski definition) is 6. The summed E-state index contributed by atoms with van der Waals surface area (Å²) in [6.07, 6.45) is 1.19. The molecule has 0 unspecified atom stereocenters. The Morgan fingerprint density at radius 2 is 1.77 bits per heavy atom. The number of aromatic nitrogens is 1. The zero-order chi connectivity index (χ0) is 25.2. The van der Waals surface area contributed by atoms with Gasteiger partial charge in [-0.25, -0.2) is 10.4 Å². The topological polar surface area (TPSA) is 86.7 Å². The molecular weight excluding hydrogens is 505 g/mol. The number of rotatable bonds is 11. The summed E-state index contributed by atoms with van der Waals surface area (Å²) >= 11 is 13.1. The number of hydrazone groups is 1. The van der Waals surface area contributed by atoms with Crippen molar-refractivity contribution in [3.05, 3.63) is 64.5 Å². The van der Waals surface area contributed by atoms with Crippen LogP contribution in [0.4, 0.5) is 10.8 Å². The average molecular weight is 532 g/mol. The molecule has 0 aliphatic rings. The van der Waals surface area contributed by atoms with Crippen molar-refractivity contribution >= 4 is 63.4 Å². The molecule has 2 N–H and O–H groups in total. The second-order valence-electron chi connectivity index (χ2n) is 7.83. The van der Waals surface area contributed by atoms with E-state index < -0.39 is 11.8 Å². The Balaban J connectivity index is 1.50. The number of anilines is 2. The first kappa shape index (κ1) is 26.7. The van der Waals surface area contributed by atoms with E-state index in [1.807, 2.05) is 61.7 Å². The number of aryl methyl sites for hydroxylation is 2. The van der Waals surface area contributed by atoms with Crippen LogP contribution in [0.2, 0.25) is 0 Å². The molecule has 3 aromatic rings. The third-order valence-corrected chi connectivity index (χ3v) is 6.24. The predicted molar refractivity (Wildman–Crippen MR) is 146 cm³/mol. The normalized spacial score (nSPS) is 11.0. The first-order valence-corrected chi connectivity index (χ1v) is 13.0. The number of alkyl halides is 2.